The Kier molecular flexibility index (Phi) is 13.7. The lowest BCUT2D eigenvalue weighted by atomic mass is 10.2. The summed E-state index contributed by atoms with van der Waals surface area (Å²) in [6.07, 6.45) is 0. The number of rotatable bonds is 13. The van der Waals surface area contributed by atoms with E-state index in [-0.39, 0.29) is 11.4 Å². The molecule has 0 aliphatic rings. The number of phenols is 2. The fraction of sp³-hybridized carbons (Fsp3) is 0.0769. The maximum Gasteiger partial charge on any atom is 0.315 e. The molecule has 0 radical (unpaired) electrons. The van der Waals surface area contributed by atoms with Gasteiger partial charge in [-0.2, -0.15) is 0 Å². The summed E-state index contributed by atoms with van der Waals surface area (Å²) >= 11 is 9.27. The topological polar surface area (TPSA) is 160 Å². The van der Waals surface area contributed by atoms with Gasteiger partial charge in [0.05, 0.1) is 22.0 Å². The second-order valence-corrected chi connectivity index (χ2v) is 14.0. The van der Waals surface area contributed by atoms with Crippen molar-refractivity contribution in [2.45, 2.75) is 32.7 Å². The van der Waals surface area contributed by atoms with Crippen LogP contribution in [0.15, 0.2) is 141 Å². The summed E-state index contributed by atoms with van der Waals surface area (Å²) in [6, 6.07) is 34.7. The highest BCUT2D eigenvalue weighted by atomic mass is 35.5. The van der Waals surface area contributed by atoms with Crippen LogP contribution < -0.4 is 15.4 Å². The molecule has 0 atom stereocenters. The van der Waals surface area contributed by atoms with Crippen molar-refractivity contribution in [2.24, 2.45) is 0 Å². The normalized spacial score (nSPS) is 10.5. The molecule has 0 aliphatic heterocycles. The van der Waals surface area contributed by atoms with Crippen molar-refractivity contribution in [3.8, 4) is 17.2 Å². The first-order valence-corrected chi connectivity index (χ1v) is 18.2. The second kappa shape index (κ2) is 18.8. The van der Waals surface area contributed by atoms with Gasteiger partial charge in [-0.1, -0.05) is 83.7 Å². The van der Waals surface area contributed by atoms with Crippen LogP contribution in [0, 0.1) is 31.9 Å². The maximum atomic E-state index is 13.7. The molecule has 0 unspecified atom stereocenters. The molecule has 0 aliphatic carbocycles. The van der Waals surface area contributed by atoms with E-state index in [4.69, 9.17) is 16.3 Å². The number of anilines is 2. The molecule has 4 N–H and O–H groups in total. The molecule has 0 bridgehead atoms. The van der Waals surface area contributed by atoms with E-state index in [1.165, 1.54) is 11.8 Å². The van der Waals surface area contributed by atoms with Gasteiger partial charge in [0.2, 0.25) is 11.5 Å². The van der Waals surface area contributed by atoms with Crippen LogP contribution in [0.25, 0.3) is 0 Å². The van der Waals surface area contributed by atoms with Crippen LogP contribution in [-0.4, -0.2) is 27.2 Å². The number of nitro benzene ring substituents is 2. The molecule has 0 fully saturated rings. The molecule has 16 heteroatoms. The number of phenolic OH excluding ortho intramolecular Hbond substituents is 2. The highest BCUT2D eigenvalue weighted by molar-refractivity contribution is 7.99. The third-order valence-electron chi connectivity index (χ3n) is 7.73. The van der Waals surface area contributed by atoms with E-state index in [2.05, 4.69) is 10.6 Å². The molecule has 6 rings (SSSR count). The smallest absolute Gasteiger partial charge is 0.315 e. The molecular formula is C39H31ClF2N4O7S2. The van der Waals surface area contributed by atoms with E-state index in [1.54, 1.807) is 18.9 Å². The van der Waals surface area contributed by atoms with Crippen molar-refractivity contribution in [3.05, 3.63) is 169 Å². The van der Waals surface area contributed by atoms with Gasteiger partial charge in [-0.05, 0) is 59.7 Å². The summed E-state index contributed by atoms with van der Waals surface area (Å²) < 4.78 is 32.6. The van der Waals surface area contributed by atoms with Gasteiger partial charge < -0.3 is 25.6 Å². The number of benzene rings is 6. The number of halogens is 3. The van der Waals surface area contributed by atoms with Gasteiger partial charge >= 0.3 is 11.4 Å². The van der Waals surface area contributed by atoms with Crippen molar-refractivity contribution >= 4 is 57.9 Å². The Labute approximate surface area is 327 Å². The molecule has 0 aromatic heterocycles. The number of nitrogens with zero attached hydrogens (tertiary/aromatic N) is 2. The molecule has 0 saturated heterocycles. The predicted molar refractivity (Wildman–Crippen MR) is 210 cm³/mol. The lowest BCUT2D eigenvalue weighted by Crippen LogP contribution is -2.02. The van der Waals surface area contributed by atoms with Crippen LogP contribution in [0.2, 0.25) is 5.02 Å². The van der Waals surface area contributed by atoms with Crippen LogP contribution in [0.5, 0.6) is 17.2 Å². The Morgan fingerprint density at radius 3 is 1.55 bits per heavy atom. The largest absolute Gasteiger partial charge is 0.500 e. The molecule has 6 aromatic rings. The third kappa shape index (κ3) is 10.8. The molecule has 55 heavy (non-hydrogen) atoms. The van der Waals surface area contributed by atoms with Gasteiger partial charge in [0.25, 0.3) is 0 Å². The fourth-order valence-electron chi connectivity index (χ4n) is 4.96. The molecule has 0 spiro atoms. The van der Waals surface area contributed by atoms with Crippen LogP contribution in [0.1, 0.15) is 11.1 Å². The van der Waals surface area contributed by atoms with E-state index in [0.29, 0.717) is 18.1 Å². The summed E-state index contributed by atoms with van der Waals surface area (Å²) in [5.41, 5.74) is 0.915. The van der Waals surface area contributed by atoms with Crippen molar-refractivity contribution in [2.75, 3.05) is 17.7 Å². The SMILES string of the molecule is COc1ccc(Sc2ccccc2CNc2cc(F)c(O)c([N+](=O)[O-])c2)cc1.O=[N+]([O-])c1cc(NCc2ccccc2Sc2ccccc2Cl)cc(F)c1O. The first-order chi connectivity index (χ1) is 26.4. The summed E-state index contributed by atoms with van der Waals surface area (Å²) in [4.78, 5) is 24.1. The predicted octanol–water partition coefficient (Wildman–Crippen LogP) is 11.1. The number of hydrogen-bond donors (Lipinski definition) is 4. The highest BCUT2D eigenvalue weighted by Crippen LogP contribution is 2.37. The zero-order valence-electron chi connectivity index (χ0n) is 28.7. The Bertz CT molecular complexity index is 2320. The van der Waals surface area contributed by atoms with Gasteiger partial charge in [-0.3, -0.25) is 20.2 Å². The molecule has 0 amide bonds. The van der Waals surface area contributed by atoms with E-state index in [0.717, 1.165) is 60.7 Å². The quantitative estimate of drug-likeness (QED) is 0.0500. The highest BCUT2D eigenvalue weighted by Gasteiger charge is 2.21. The minimum Gasteiger partial charge on any atom is -0.500 e. The molecule has 282 valence electrons. The van der Waals surface area contributed by atoms with E-state index < -0.39 is 44.4 Å². The Hall–Kier alpha value is -6.03. The summed E-state index contributed by atoms with van der Waals surface area (Å²) in [7, 11) is 1.61. The van der Waals surface area contributed by atoms with Gasteiger partial charge in [0, 0.05) is 68.3 Å². The number of ether oxygens (including phenoxy) is 1. The fourth-order valence-corrected chi connectivity index (χ4v) is 7.12. The molecule has 6 aromatic carbocycles. The summed E-state index contributed by atoms with van der Waals surface area (Å²) in [6.45, 7) is 0.649. The van der Waals surface area contributed by atoms with Crippen molar-refractivity contribution in [3.63, 3.8) is 0 Å². The lowest BCUT2D eigenvalue weighted by Gasteiger charge is -2.12. The lowest BCUT2D eigenvalue weighted by molar-refractivity contribution is -0.386. The van der Waals surface area contributed by atoms with E-state index in [1.807, 2.05) is 97.1 Å². The summed E-state index contributed by atoms with van der Waals surface area (Å²) in [5.74, 6) is -3.26. The van der Waals surface area contributed by atoms with Crippen LogP contribution in [-0.2, 0) is 13.1 Å². The Balaban J connectivity index is 0.000000211. The Morgan fingerprint density at radius 2 is 1.09 bits per heavy atom. The van der Waals surface area contributed by atoms with Crippen LogP contribution in [0.3, 0.4) is 0 Å². The first-order valence-electron chi connectivity index (χ1n) is 16.1. The number of methoxy groups -OCH3 is 1. The molecule has 0 saturated carbocycles. The van der Waals surface area contributed by atoms with Gasteiger partial charge in [-0.15, -0.1) is 0 Å². The first kappa shape index (κ1) is 40.2. The van der Waals surface area contributed by atoms with Crippen molar-refractivity contribution in [1.82, 2.24) is 0 Å². The number of nitrogens with one attached hydrogen (secondary N) is 2. The average molecular weight is 805 g/mol. The maximum absolute atomic E-state index is 13.7. The van der Waals surface area contributed by atoms with Gasteiger partial charge in [0.15, 0.2) is 11.6 Å². The standard InChI is InChI=1S/C20H17FN2O4S.C19H14ClFN2O3S/c1-27-15-6-8-16(9-7-15)28-19-5-3-2-4-13(19)12-22-14-10-17(21)20(24)18(11-14)23(25)26;20-14-6-2-4-8-18(14)27-17-7-3-1-5-12(17)11-22-13-9-15(21)19(24)16(10-13)23(25)26/h2-11,22,24H,12H2,1H3;1-10,22,24H,11H2. The number of nitro groups is 2. The third-order valence-corrected chi connectivity index (χ3v) is 10.5. The summed E-state index contributed by atoms with van der Waals surface area (Å²) in [5, 5.41) is 47.4. The van der Waals surface area contributed by atoms with E-state index >= 15 is 0 Å². The van der Waals surface area contributed by atoms with Gasteiger partial charge in [0.1, 0.15) is 5.75 Å². The molecule has 11 nitrogen and oxygen atoms in total. The van der Waals surface area contributed by atoms with Crippen molar-refractivity contribution < 1.29 is 33.6 Å². The minimum absolute atomic E-state index is 0.203. The average Bonchev–Trinajstić information content (AvgIpc) is 3.17. The second-order valence-electron chi connectivity index (χ2n) is 11.4. The van der Waals surface area contributed by atoms with Crippen molar-refractivity contribution in [1.29, 1.82) is 0 Å². The molecule has 0 heterocycles. The zero-order valence-corrected chi connectivity index (χ0v) is 31.1. The Morgan fingerprint density at radius 1 is 0.655 bits per heavy atom. The zero-order chi connectivity index (χ0) is 39.5. The van der Waals surface area contributed by atoms with Gasteiger partial charge in [-0.25, -0.2) is 8.78 Å². The van der Waals surface area contributed by atoms with E-state index in [9.17, 15) is 39.2 Å². The number of aromatic hydroxyl groups is 2. The monoisotopic (exact) mass is 804 g/mol. The van der Waals surface area contributed by atoms with Crippen LogP contribution in [0.4, 0.5) is 31.5 Å². The molecular weight excluding hydrogens is 774 g/mol. The minimum atomic E-state index is -1.05. The number of hydrogen-bond acceptors (Lipinski definition) is 11. The van der Waals surface area contributed by atoms with Crippen LogP contribution >= 0.6 is 35.1 Å².